The number of carbonyl (C=O) groups excluding carboxylic acids is 2. The van der Waals surface area contributed by atoms with Crippen molar-refractivity contribution in [2.24, 2.45) is 10.9 Å². The molecule has 1 N–H and O–H groups in total. The zero-order chi connectivity index (χ0) is 12.8. The lowest BCUT2D eigenvalue weighted by Gasteiger charge is -2.10. The van der Waals surface area contributed by atoms with Crippen molar-refractivity contribution in [2.75, 3.05) is 12.4 Å². The molecule has 90 valence electrons. The topological polar surface area (TPSA) is 67.8 Å². The van der Waals surface area contributed by atoms with Crippen LogP contribution in [0.2, 0.25) is 0 Å². The average Bonchev–Trinajstić information content (AvgIpc) is 2.31. The first-order valence-corrected chi connectivity index (χ1v) is 5.15. The summed E-state index contributed by atoms with van der Waals surface area (Å²) in [6.45, 7) is 3.56. The van der Waals surface area contributed by atoms with Gasteiger partial charge in [-0.3, -0.25) is 4.79 Å². The van der Waals surface area contributed by atoms with Gasteiger partial charge in [-0.25, -0.2) is 4.79 Å². The third-order valence-corrected chi connectivity index (χ3v) is 2.15. The van der Waals surface area contributed by atoms with Crippen LogP contribution in [0.25, 0.3) is 0 Å². The summed E-state index contributed by atoms with van der Waals surface area (Å²) in [5.74, 6) is 0.268. The molecule has 0 heterocycles. The SMILES string of the molecule is COc1ccc(NC(=O)C(C)C)c(N=C=O)c1. The highest BCUT2D eigenvalue weighted by Crippen LogP contribution is 2.29. The minimum Gasteiger partial charge on any atom is -0.497 e. The lowest BCUT2D eigenvalue weighted by Crippen LogP contribution is -2.17. The number of nitrogens with zero attached hydrogens (tertiary/aromatic N) is 1. The predicted molar refractivity (Wildman–Crippen MR) is 64.2 cm³/mol. The Labute approximate surface area is 99.5 Å². The van der Waals surface area contributed by atoms with E-state index in [9.17, 15) is 9.59 Å². The Kier molecular flexibility index (Phi) is 4.43. The molecule has 0 aliphatic carbocycles. The highest BCUT2D eigenvalue weighted by molar-refractivity contribution is 5.95. The summed E-state index contributed by atoms with van der Waals surface area (Å²) in [5, 5.41) is 2.68. The monoisotopic (exact) mass is 234 g/mol. The minimum absolute atomic E-state index is 0.141. The molecule has 1 aromatic carbocycles. The quantitative estimate of drug-likeness (QED) is 0.641. The molecule has 0 saturated heterocycles. The molecule has 0 unspecified atom stereocenters. The summed E-state index contributed by atoms with van der Waals surface area (Å²) in [7, 11) is 1.51. The molecule has 5 nitrogen and oxygen atoms in total. The zero-order valence-electron chi connectivity index (χ0n) is 9.98. The minimum atomic E-state index is -0.148. The van der Waals surface area contributed by atoms with Crippen LogP contribution >= 0.6 is 0 Å². The Bertz CT molecular complexity index is 463. The molecule has 0 bridgehead atoms. The van der Waals surface area contributed by atoms with Gasteiger partial charge >= 0.3 is 0 Å². The Morgan fingerprint density at radius 3 is 2.71 bits per heavy atom. The van der Waals surface area contributed by atoms with Crippen molar-refractivity contribution >= 4 is 23.4 Å². The number of anilines is 1. The molecule has 0 aliphatic heterocycles. The van der Waals surface area contributed by atoms with Gasteiger partial charge in [0.2, 0.25) is 12.0 Å². The van der Waals surface area contributed by atoms with Crippen LogP contribution in [0.15, 0.2) is 23.2 Å². The molecule has 0 saturated carbocycles. The molecule has 1 rings (SSSR count). The van der Waals surface area contributed by atoms with Crippen molar-refractivity contribution in [2.45, 2.75) is 13.8 Å². The number of benzene rings is 1. The van der Waals surface area contributed by atoms with Gasteiger partial charge < -0.3 is 10.1 Å². The van der Waals surface area contributed by atoms with Gasteiger partial charge in [0.15, 0.2) is 0 Å². The largest absolute Gasteiger partial charge is 0.497 e. The van der Waals surface area contributed by atoms with Crippen LogP contribution < -0.4 is 10.1 Å². The first-order chi connectivity index (χ1) is 8.08. The van der Waals surface area contributed by atoms with E-state index in [1.165, 1.54) is 13.2 Å². The molecule has 0 fully saturated rings. The summed E-state index contributed by atoms with van der Waals surface area (Å²) < 4.78 is 5.01. The second-order valence-electron chi connectivity index (χ2n) is 3.73. The van der Waals surface area contributed by atoms with Crippen molar-refractivity contribution in [1.29, 1.82) is 0 Å². The fourth-order valence-corrected chi connectivity index (χ4v) is 1.16. The van der Waals surface area contributed by atoms with E-state index in [-0.39, 0.29) is 11.8 Å². The van der Waals surface area contributed by atoms with Crippen molar-refractivity contribution in [3.05, 3.63) is 18.2 Å². The zero-order valence-corrected chi connectivity index (χ0v) is 9.98. The summed E-state index contributed by atoms with van der Waals surface area (Å²) in [4.78, 5) is 25.4. The van der Waals surface area contributed by atoms with E-state index in [1.807, 2.05) is 0 Å². The highest BCUT2D eigenvalue weighted by atomic mass is 16.5. The molecule has 1 amide bonds. The van der Waals surface area contributed by atoms with Crippen molar-refractivity contribution in [3.63, 3.8) is 0 Å². The average molecular weight is 234 g/mol. The van der Waals surface area contributed by atoms with E-state index in [2.05, 4.69) is 10.3 Å². The standard InChI is InChI=1S/C12H14N2O3/c1-8(2)12(16)14-10-5-4-9(17-3)6-11(10)13-7-15/h4-6,8H,1-3H3,(H,14,16). The normalized spacial score (nSPS) is 9.65. The molecule has 0 spiro atoms. The Balaban J connectivity index is 3.06. The van der Waals surface area contributed by atoms with Crippen molar-refractivity contribution < 1.29 is 14.3 Å². The summed E-state index contributed by atoms with van der Waals surface area (Å²) in [5.41, 5.74) is 0.793. The first-order valence-electron chi connectivity index (χ1n) is 5.15. The number of carbonyl (C=O) groups is 1. The Hall–Kier alpha value is -2.13. The van der Waals surface area contributed by atoms with Gasteiger partial charge in [-0.1, -0.05) is 13.8 Å². The number of aliphatic imine (C=N–C) groups is 1. The van der Waals surface area contributed by atoms with Crippen LogP contribution in [0, 0.1) is 5.92 Å². The lowest BCUT2D eigenvalue weighted by molar-refractivity contribution is -0.118. The van der Waals surface area contributed by atoms with Crippen LogP contribution in [0.5, 0.6) is 5.75 Å². The van der Waals surface area contributed by atoms with Gasteiger partial charge in [0, 0.05) is 12.0 Å². The molecule has 0 aromatic heterocycles. The molecule has 0 atom stereocenters. The molecule has 1 aromatic rings. The number of hydrogen-bond donors (Lipinski definition) is 1. The van der Waals surface area contributed by atoms with E-state index >= 15 is 0 Å². The maximum Gasteiger partial charge on any atom is 0.240 e. The van der Waals surface area contributed by atoms with Crippen LogP contribution in [0.1, 0.15) is 13.8 Å². The number of rotatable bonds is 4. The van der Waals surface area contributed by atoms with Crippen LogP contribution in [-0.2, 0) is 9.59 Å². The molecule has 0 aliphatic rings. The van der Waals surface area contributed by atoms with Gasteiger partial charge in [-0.2, -0.15) is 4.99 Å². The summed E-state index contributed by atoms with van der Waals surface area (Å²) in [6, 6.07) is 4.87. The third-order valence-electron chi connectivity index (χ3n) is 2.15. The second-order valence-corrected chi connectivity index (χ2v) is 3.73. The van der Waals surface area contributed by atoms with Crippen molar-refractivity contribution in [3.8, 4) is 5.75 Å². The summed E-state index contributed by atoms with van der Waals surface area (Å²) in [6.07, 6.45) is 1.45. The van der Waals surface area contributed by atoms with Crippen LogP contribution in [0.4, 0.5) is 11.4 Å². The first kappa shape index (κ1) is 12.9. The summed E-state index contributed by atoms with van der Waals surface area (Å²) >= 11 is 0. The number of amides is 1. The molecular formula is C12H14N2O3. The van der Waals surface area contributed by atoms with E-state index < -0.39 is 0 Å². The highest BCUT2D eigenvalue weighted by Gasteiger charge is 2.10. The van der Waals surface area contributed by atoms with Crippen LogP contribution in [0.3, 0.4) is 0 Å². The number of methoxy groups -OCH3 is 1. The number of hydrogen-bond acceptors (Lipinski definition) is 4. The maximum absolute atomic E-state index is 11.5. The molecule has 5 heteroatoms. The molecular weight excluding hydrogens is 220 g/mol. The van der Waals surface area contributed by atoms with E-state index in [0.29, 0.717) is 17.1 Å². The number of isocyanates is 1. The van der Waals surface area contributed by atoms with E-state index in [4.69, 9.17) is 4.74 Å². The molecule has 0 radical (unpaired) electrons. The fourth-order valence-electron chi connectivity index (χ4n) is 1.16. The second kappa shape index (κ2) is 5.82. The number of ether oxygens (including phenoxy) is 1. The smallest absolute Gasteiger partial charge is 0.240 e. The van der Waals surface area contributed by atoms with Gasteiger partial charge in [0.1, 0.15) is 11.4 Å². The Morgan fingerprint density at radius 1 is 1.47 bits per heavy atom. The van der Waals surface area contributed by atoms with Gasteiger partial charge in [0.25, 0.3) is 0 Å². The lowest BCUT2D eigenvalue weighted by atomic mass is 10.2. The van der Waals surface area contributed by atoms with Crippen LogP contribution in [-0.4, -0.2) is 19.1 Å². The van der Waals surface area contributed by atoms with E-state index in [1.54, 1.807) is 32.0 Å². The Morgan fingerprint density at radius 2 is 2.18 bits per heavy atom. The van der Waals surface area contributed by atoms with Gasteiger partial charge in [-0.15, -0.1) is 0 Å². The van der Waals surface area contributed by atoms with E-state index in [0.717, 1.165) is 0 Å². The predicted octanol–water partition coefficient (Wildman–Crippen LogP) is 2.26. The molecule has 17 heavy (non-hydrogen) atoms. The third kappa shape index (κ3) is 3.43. The van der Waals surface area contributed by atoms with Crippen molar-refractivity contribution in [1.82, 2.24) is 0 Å². The van der Waals surface area contributed by atoms with Gasteiger partial charge in [-0.05, 0) is 12.1 Å². The number of nitrogens with one attached hydrogen (secondary N) is 1. The van der Waals surface area contributed by atoms with Gasteiger partial charge in [0.05, 0.1) is 12.8 Å². The maximum atomic E-state index is 11.5. The fraction of sp³-hybridized carbons (Fsp3) is 0.333.